The van der Waals surface area contributed by atoms with Crippen LogP contribution in [0.2, 0.25) is 0 Å². The average Bonchev–Trinajstić information content (AvgIpc) is 3.21. The van der Waals surface area contributed by atoms with Crippen molar-refractivity contribution in [1.82, 2.24) is 10.2 Å². The van der Waals surface area contributed by atoms with Crippen molar-refractivity contribution in [2.45, 2.75) is 23.8 Å². The number of rotatable bonds is 6. The van der Waals surface area contributed by atoms with E-state index >= 15 is 0 Å². The van der Waals surface area contributed by atoms with Gasteiger partial charge in [-0.1, -0.05) is 0 Å². The number of halogens is 1. The van der Waals surface area contributed by atoms with Crippen molar-refractivity contribution in [3.05, 3.63) is 24.0 Å². The summed E-state index contributed by atoms with van der Waals surface area (Å²) in [5.41, 5.74) is 5.81. The number of nitrogen functional groups attached to an aromatic ring is 1. The fourth-order valence-corrected chi connectivity index (χ4v) is 2.55. The van der Waals surface area contributed by atoms with Crippen molar-refractivity contribution < 1.29 is 14.0 Å². The molecule has 0 saturated heterocycles. The smallest absolute Gasteiger partial charge is 0.239 e. The summed E-state index contributed by atoms with van der Waals surface area (Å²) in [5.74, 6) is -0.741. The van der Waals surface area contributed by atoms with Gasteiger partial charge in [-0.25, -0.2) is 4.39 Å². The molecule has 0 radical (unpaired) electrons. The van der Waals surface area contributed by atoms with Crippen LogP contribution < -0.4 is 11.1 Å². The monoisotopic (exact) mass is 311 g/mol. The Balaban J connectivity index is 1.78. The number of hydrogen-bond donors (Lipinski definition) is 2. The number of likely N-dealkylation sites (N-methyl/N-ethyl adjacent to an activating group) is 1. The predicted octanol–water partition coefficient (Wildman–Crippen LogP) is 1.24. The standard InChI is InChI=1S/C14H18FN3O2S/c1-18(7-13(19)17-10-3-4-10)14(20)8-21-12-5-2-9(16)6-11(12)15/h2,5-6,10H,3-4,7-8,16H2,1H3,(H,17,19). The van der Waals surface area contributed by atoms with Crippen LogP contribution in [0.15, 0.2) is 23.1 Å². The van der Waals surface area contributed by atoms with Crippen LogP contribution in [0.5, 0.6) is 0 Å². The molecule has 5 nitrogen and oxygen atoms in total. The van der Waals surface area contributed by atoms with Gasteiger partial charge >= 0.3 is 0 Å². The lowest BCUT2D eigenvalue weighted by atomic mass is 10.3. The first-order chi connectivity index (χ1) is 9.95. The molecule has 2 rings (SSSR count). The van der Waals surface area contributed by atoms with Crippen LogP contribution in [0.1, 0.15) is 12.8 Å². The molecule has 1 saturated carbocycles. The Labute approximate surface area is 127 Å². The number of nitrogens with zero attached hydrogens (tertiary/aromatic N) is 1. The van der Waals surface area contributed by atoms with Crippen molar-refractivity contribution in [3.8, 4) is 0 Å². The van der Waals surface area contributed by atoms with Crippen molar-refractivity contribution in [3.63, 3.8) is 0 Å². The molecule has 3 N–H and O–H groups in total. The topological polar surface area (TPSA) is 75.4 Å². The van der Waals surface area contributed by atoms with E-state index in [2.05, 4.69) is 5.32 Å². The zero-order valence-corrected chi connectivity index (χ0v) is 12.6. The molecule has 1 aliphatic carbocycles. The zero-order valence-electron chi connectivity index (χ0n) is 11.8. The fourth-order valence-electron chi connectivity index (χ4n) is 1.69. The summed E-state index contributed by atoms with van der Waals surface area (Å²) in [6.07, 6.45) is 2.02. The maximum absolute atomic E-state index is 13.6. The number of nitrogens with two attached hydrogens (primary N) is 1. The number of amides is 2. The highest BCUT2D eigenvalue weighted by molar-refractivity contribution is 8.00. The first kappa shape index (κ1) is 15.6. The molecule has 0 unspecified atom stereocenters. The van der Waals surface area contributed by atoms with Gasteiger partial charge < -0.3 is 16.0 Å². The summed E-state index contributed by atoms with van der Waals surface area (Å²) in [6, 6.07) is 4.63. The van der Waals surface area contributed by atoms with E-state index in [0.717, 1.165) is 24.6 Å². The van der Waals surface area contributed by atoms with Crippen molar-refractivity contribution in [1.29, 1.82) is 0 Å². The van der Waals surface area contributed by atoms with Crippen molar-refractivity contribution in [2.24, 2.45) is 0 Å². The van der Waals surface area contributed by atoms with Crippen molar-refractivity contribution in [2.75, 3.05) is 25.1 Å². The molecule has 0 aliphatic heterocycles. The largest absolute Gasteiger partial charge is 0.399 e. The molecule has 0 bridgehead atoms. The van der Waals surface area contributed by atoms with E-state index in [4.69, 9.17) is 5.73 Å². The van der Waals surface area contributed by atoms with Crippen LogP contribution in [0, 0.1) is 5.82 Å². The molecule has 0 atom stereocenters. The second-order valence-corrected chi connectivity index (χ2v) is 6.09. The normalized spacial score (nSPS) is 13.8. The maximum atomic E-state index is 13.6. The summed E-state index contributed by atoms with van der Waals surface area (Å²) in [5, 5.41) is 2.82. The first-order valence-electron chi connectivity index (χ1n) is 6.67. The Morgan fingerprint density at radius 1 is 1.48 bits per heavy atom. The van der Waals surface area contributed by atoms with E-state index in [-0.39, 0.29) is 30.2 Å². The first-order valence-corrected chi connectivity index (χ1v) is 7.65. The van der Waals surface area contributed by atoms with Crippen LogP contribution in [0.25, 0.3) is 0 Å². The molecule has 1 aromatic carbocycles. The summed E-state index contributed by atoms with van der Waals surface area (Å²) in [4.78, 5) is 25.2. The Morgan fingerprint density at radius 3 is 2.81 bits per heavy atom. The summed E-state index contributed by atoms with van der Waals surface area (Å²) in [7, 11) is 1.56. The van der Waals surface area contributed by atoms with Crippen LogP contribution in [0.3, 0.4) is 0 Å². The number of carbonyl (C=O) groups excluding carboxylic acids is 2. The van der Waals surface area contributed by atoms with Gasteiger partial charge in [-0.05, 0) is 31.0 Å². The van der Waals surface area contributed by atoms with Crippen LogP contribution in [-0.2, 0) is 9.59 Å². The third-order valence-corrected chi connectivity index (χ3v) is 4.09. The highest BCUT2D eigenvalue weighted by atomic mass is 32.2. The average molecular weight is 311 g/mol. The minimum Gasteiger partial charge on any atom is -0.399 e. The van der Waals surface area contributed by atoms with Gasteiger partial charge in [0.25, 0.3) is 0 Å². The van der Waals surface area contributed by atoms with Gasteiger partial charge in [0.1, 0.15) is 5.82 Å². The molecular formula is C14H18FN3O2S. The van der Waals surface area contributed by atoms with Gasteiger partial charge in [0, 0.05) is 23.7 Å². The van der Waals surface area contributed by atoms with Gasteiger partial charge in [-0.2, -0.15) is 0 Å². The van der Waals surface area contributed by atoms with E-state index in [1.54, 1.807) is 19.2 Å². The third kappa shape index (κ3) is 4.93. The lowest BCUT2D eigenvalue weighted by molar-refractivity contribution is -0.132. The molecule has 1 aromatic rings. The summed E-state index contributed by atoms with van der Waals surface area (Å²) < 4.78 is 13.6. The molecular weight excluding hydrogens is 293 g/mol. The molecule has 1 aliphatic rings. The van der Waals surface area contributed by atoms with E-state index in [9.17, 15) is 14.0 Å². The minimum absolute atomic E-state index is 0.0279. The van der Waals surface area contributed by atoms with Crippen LogP contribution >= 0.6 is 11.8 Å². The minimum atomic E-state index is -0.443. The maximum Gasteiger partial charge on any atom is 0.239 e. The Kier molecular flexibility index (Phi) is 5.06. The Hall–Kier alpha value is -1.76. The molecule has 0 spiro atoms. The molecule has 21 heavy (non-hydrogen) atoms. The number of carbonyl (C=O) groups is 2. The molecule has 0 aromatic heterocycles. The Bertz CT molecular complexity index is 549. The molecule has 0 heterocycles. The lowest BCUT2D eigenvalue weighted by Crippen LogP contribution is -2.39. The van der Waals surface area contributed by atoms with Crippen LogP contribution in [0.4, 0.5) is 10.1 Å². The second kappa shape index (κ2) is 6.80. The second-order valence-electron chi connectivity index (χ2n) is 5.07. The van der Waals surface area contributed by atoms with Crippen LogP contribution in [-0.4, -0.2) is 42.1 Å². The lowest BCUT2D eigenvalue weighted by Gasteiger charge is -2.16. The SMILES string of the molecule is CN(CC(=O)NC1CC1)C(=O)CSc1ccc(N)cc1F. The van der Waals surface area contributed by atoms with Gasteiger partial charge in [-0.3, -0.25) is 9.59 Å². The number of nitrogens with one attached hydrogen (secondary N) is 1. The summed E-state index contributed by atoms with van der Waals surface area (Å²) >= 11 is 1.09. The highest BCUT2D eigenvalue weighted by Gasteiger charge is 2.24. The zero-order chi connectivity index (χ0) is 15.4. The van der Waals surface area contributed by atoms with Gasteiger partial charge in [0.15, 0.2) is 0 Å². The van der Waals surface area contributed by atoms with E-state index < -0.39 is 5.82 Å². The van der Waals surface area contributed by atoms with Gasteiger partial charge in [-0.15, -0.1) is 11.8 Å². The number of thioether (sulfide) groups is 1. The number of anilines is 1. The fraction of sp³-hybridized carbons (Fsp3) is 0.429. The third-order valence-electron chi connectivity index (χ3n) is 3.06. The molecule has 2 amide bonds. The predicted molar refractivity (Wildman–Crippen MR) is 80.3 cm³/mol. The van der Waals surface area contributed by atoms with E-state index in [0.29, 0.717) is 10.6 Å². The Morgan fingerprint density at radius 2 is 2.19 bits per heavy atom. The summed E-state index contributed by atoms with van der Waals surface area (Å²) in [6.45, 7) is 0.0279. The quantitative estimate of drug-likeness (QED) is 0.612. The molecule has 7 heteroatoms. The van der Waals surface area contributed by atoms with E-state index in [1.807, 2.05) is 0 Å². The molecule has 1 fully saturated rings. The van der Waals surface area contributed by atoms with Gasteiger partial charge in [0.2, 0.25) is 11.8 Å². The van der Waals surface area contributed by atoms with E-state index in [1.165, 1.54) is 11.0 Å². The van der Waals surface area contributed by atoms with Crippen molar-refractivity contribution >= 4 is 29.3 Å². The number of hydrogen-bond acceptors (Lipinski definition) is 4. The molecule has 114 valence electrons. The van der Waals surface area contributed by atoms with Gasteiger partial charge in [0.05, 0.1) is 12.3 Å². The number of benzene rings is 1. The highest BCUT2D eigenvalue weighted by Crippen LogP contribution is 2.23.